The molecule has 0 radical (unpaired) electrons. The number of rotatable bonds is 7. The molecule has 1 saturated heterocycles. The van der Waals surface area contributed by atoms with Gasteiger partial charge in [-0.25, -0.2) is 4.98 Å². The number of methoxy groups -OCH3 is 1. The lowest BCUT2D eigenvalue weighted by Gasteiger charge is -2.26. The fourth-order valence-electron chi connectivity index (χ4n) is 3.61. The number of nitrogens with one attached hydrogen (secondary N) is 1. The Morgan fingerprint density at radius 2 is 2.00 bits per heavy atom. The number of guanidine groups is 1. The standard InChI is InChI=1S/C23H33N5O2S/c1-17(30-4)21-26-20(16-31-21)15-27(3)23(24-2)25-14-18-8-10-19(11-9-18)22(29)28-12-6-5-7-13-28/h8-11,16-17H,5-7,12-15H2,1-4H3,(H,24,25). The second-order valence-corrected chi connectivity index (χ2v) is 8.75. The van der Waals surface area contributed by atoms with Crippen LogP contribution in [0.4, 0.5) is 0 Å². The summed E-state index contributed by atoms with van der Waals surface area (Å²) in [7, 11) is 5.47. The maximum absolute atomic E-state index is 12.6. The van der Waals surface area contributed by atoms with Crippen LogP contribution in [-0.4, -0.2) is 60.9 Å². The van der Waals surface area contributed by atoms with E-state index in [0.717, 1.165) is 53.7 Å². The van der Waals surface area contributed by atoms with Crippen LogP contribution in [0.2, 0.25) is 0 Å². The molecule has 31 heavy (non-hydrogen) atoms. The first-order valence-corrected chi connectivity index (χ1v) is 11.7. The lowest BCUT2D eigenvalue weighted by Crippen LogP contribution is -2.38. The average molecular weight is 444 g/mol. The molecule has 1 aromatic carbocycles. The Morgan fingerprint density at radius 3 is 2.65 bits per heavy atom. The predicted molar refractivity (Wildman–Crippen MR) is 125 cm³/mol. The summed E-state index contributed by atoms with van der Waals surface area (Å²) in [4.78, 5) is 25.7. The number of likely N-dealkylation sites (tertiary alicyclic amines) is 1. The highest BCUT2D eigenvalue weighted by molar-refractivity contribution is 7.09. The molecular formula is C23H33N5O2S. The maximum atomic E-state index is 12.6. The molecule has 3 rings (SSSR count). The lowest BCUT2D eigenvalue weighted by atomic mass is 10.1. The molecule has 0 spiro atoms. The monoisotopic (exact) mass is 443 g/mol. The number of hydrogen-bond acceptors (Lipinski definition) is 5. The van der Waals surface area contributed by atoms with E-state index in [-0.39, 0.29) is 12.0 Å². The number of thiazole rings is 1. The minimum Gasteiger partial charge on any atom is -0.375 e. The molecule has 0 saturated carbocycles. The number of amides is 1. The molecule has 1 atom stereocenters. The molecule has 0 aliphatic carbocycles. The fraction of sp³-hybridized carbons (Fsp3) is 0.522. The number of hydrogen-bond donors (Lipinski definition) is 1. The summed E-state index contributed by atoms with van der Waals surface area (Å²) >= 11 is 1.61. The van der Waals surface area contributed by atoms with Crippen molar-refractivity contribution in [3.8, 4) is 0 Å². The average Bonchev–Trinajstić information content (AvgIpc) is 3.28. The van der Waals surface area contributed by atoms with E-state index in [2.05, 4.69) is 20.7 Å². The first kappa shape index (κ1) is 23.2. The third kappa shape index (κ3) is 6.27. The van der Waals surface area contributed by atoms with Crippen molar-refractivity contribution >= 4 is 23.2 Å². The summed E-state index contributed by atoms with van der Waals surface area (Å²) in [6.45, 7) is 5.04. The van der Waals surface area contributed by atoms with Gasteiger partial charge in [0, 0.05) is 51.8 Å². The van der Waals surface area contributed by atoms with Crippen LogP contribution in [0.1, 0.15) is 58.9 Å². The topological polar surface area (TPSA) is 70.1 Å². The van der Waals surface area contributed by atoms with Crippen LogP contribution in [0, 0.1) is 0 Å². The molecule has 1 amide bonds. The van der Waals surface area contributed by atoms with Gasteiger partial charge in [-0.2, -0.15) is 0 Å². The van der Waals surface area contributed by atoms with Crippen molar-refractivity contribution < 1.29 is 9.53 Å². The Morgan fingerprint density at radius 1 is 1.29 bits per heavy atom. The molecule has 1 aliphatic heterocycles. The number of ether oxygens (including phenoxy) is 1. The first-order chi connectivity index (χ1) is 15.0. The molecule has 2 aromatic rings. The molecule has 7 nitrogen and oxygen atoms in total. The van der Waals surface area contributed by atoms with Crippen molar-refractivity contribution in [2.24, 2.45) is 4.99 Å². The van der Waals surface area contributed by atoms with Crippen molar-refractivity contribution in [2.75, 3.05) is 34.3 Å². The van der Waals surface area contributed by atoms with Gasteiger partial charge in [0.25, 0.3) is 5.91 Å². The molecule has 1 N–H and O–H groups in total. The van der Waals surface area contributed by atoms with Crippen LogP contribution in [0.3, 0.4) is 0 Å². The SMILES string of the molecule is CN=C(NCc1ccc(C(=O)N2CCCCC2)cc1)N(C)Cc1csc(C(C)OC)n1. The lowest BCUT2D eigenvalue weighted by molar-refractivity contribution is 0.0724. The molecule has 1 unspecified atom stereocenters. The van der Waals surface area contributed by atoms with Crippen LogP contribution < -0.4 is 5.32 Å². The second kappa shape index (κ2) is 11.2. The molecule has 1 aromatic heterocycles. The minimum atomic E-state index is 0.00580. The van der Waals surface area contributed by atoms with Gasteiger partial charge in [0.05, 0.1) is 12.2 Å². The van der Waals surface area contributed by atoms with Crippen molar-refractivity contribution in [2.45, 2.75) is 45.4 Å². The van der Waals surface area contributed by atoms with Gasteiger partial charge in [0.1, 0.15) is 11.1 Å². The van der Waals surface area contributed by atoms with E-state index in [9.17, 15) is 4.79 Å². The zero-order valence-electron chi connectivity index (χ0n) is 18.9. The van der Waals surface area contributed by atoms with Gasteiger partial charge < -0.3 is 19.9 Å². The predicted octanol–water partition coefficient (Wildman–Crippen LogP) is 3.68. The van der Waals surface area contributed by atoms with Crippen molar-refractivity contribution in [3.05, 3.63) is 51.5 Å². The summed E-state index contributed by atoms with van der Waals surface area (Å²) in [5, 5.41) is 6.43. The number of piperidine rings is 1. The summed E-state index contributed by atoms with van der Waals surface area (Å²) in [6, 6.07) is 7.87. The Labute approximate surface area is 189 Å². The highest BCUT2D eigenvalue weighted by Crippen LogP contribution is 2.21. The van der Waals surface area contributed by atoms with Crippen molar-refractivity contribution in [1.82, 2.24) is 20.1 Å². The molecule has 0 bridgehead atoms. The highest BCUT2D eigenvalue weighted by atomic mass is 32.1. The van der Waals surface area contributed by atoms with E-state index in [1.807, 2.05) is 48.0 Å². The number of nitrogens with zero attached hydrogens (tertiary/aromatic N) is 4. The van der Waals surface area contributed by atoms with E-state index >= 15 is 0 Å². The summed E-state index contributed by atoms with van der Waals surface area (Å²) in [5.74, 6) is 0.933. The van der Waals surface area contributed by atoms with E-state index in [0.29, 0.717) is 13.1 Å². The number of aromatic nitrogens is 1. The Hall–Kier alpha value is -2.45. The first-order valence-electron chi connectivity index (χ1n) is 10.8. The largest absolute Gasteiger partial charge is 0.375 e. The zero-order valence-corrected chi connectivity index (χ0v) is 19.7. The highest BCUT2D eigenvalue weighted by Gasteiger charge is 2.18. The molecular weight excluding hydrogens is 410 g/mol. The van der Waals surface area contributed by atoms with Gasteiger partial charge in [-0.15, -0.1) is 11.3 Å². The summed E-state index contributed by atoms with van der Waals surface area (Å²) in [5.41, 5.74) is 2.86. The van der Waals surface area contributed by atoms with Crippen LogP contribution in [-0.2, 0) is 17.8 Å². The van der Waals surface area contributed by atoms with Gasteiger partial charge >= 0.3 is 0 Å². The van der Waals surface area contributed by atoms with Gasteiger partial charge in [-0.1, -0.05) is 12.1 Å². The fourth-order valence-corrected chi connectivity index (χ4v) is 4.45. The van der Waals surface area contributed by atoms with Gasteiger partial charge in [-0.05, 0) is 43.9 Å². The summed E-state index contributed by atoms with van der Waals surface area (Å²) < 4.78 is 5.34. The second-order valence-electron chi connectivity index (χ2n) is 7.86. The maximum Gasteiger partial charge on any atom is 0.253 e. The molecule has 1 fully saturated rings. The third-order valence-corrected chi connectivity index (χ3v) is 6.59. The Kier molecular flexibility index (Phi) is 8.43. The van der Waals surface area contributed by atoms with Crippen LogP contribution >= 0.6 is 11.3 Å². The Bertz CT molecular complexity index is 874. The number of benzene rings is 1. The van der Waals surface area contributed by atoms with Crippen molar-refractivity contribution in [1.29, 1.82) is 0 Å². The number of carbonyl (C=O) groups is 1. The van der Waals surface area contributed by atoms with Crippen LogP contribution in [0.5, 0.6) is 0 Å². The normalized spacial score (nSPS) is 15.6. The van der Waals surface area contributed by atoms with E-state index in [4.69, 9.17) is 4.74 Å². The molecule has 168 valence electrons. The van der Waals surface area contributed by atoms with E-state index in [1.165, 1.54) is 6.42 Å². The minimum absolute atomic E-state index is 0.00580. The van der Waals surface area contributed by atoms with Crippen LogP contribution in [0.15, 0.2) is 34.6 Å². The Balaban J connectivity index is 1.52. The quantitative estimate of drug-likeness (QED) is 0.522. The number of aliphatic imine (C=N–C) groups is 1. The number of carbonyl (C=O) groups excluding carboxylic acids is 1. The third-order valence-electron chi connectivity index (χ3n) is 5.54. The molecule has 1 aliphatic rings. The smallest absolute Gasteiger partial charge is 0.253 e. The van der Waals surface area contributed by atoms with Gasteiger partial charge in [0.15, 0.2) is 5.96 Å². The molecule has 8 heteroatoms. The zero-order chi connectivity index (χ0) is 22.2. The van der Waals surface area contributed by atoms with Crippen LogP contribution in [0.25, 0.3) is 0 Å². The van der Waals surface area contributed by atoms with Gasteiger partial charge in [-0.3, -0.25) is 9.79 Å². The van der Waals surface area contributed by atoms with Gasteiger partial charge in [0.2, 0.25) is 0 Å². The van der Waals surface area contributed by atoms with E-state index in [1.54, 1.807) is 25.5 Å². The summed E-state index contributed by atoms with van der Waals surface area (Å²) in [6.07, 6.45) is 3.44. The van der Waals surface area contributed by atoms with Crippen molar-refractivity contribution in [3.63, 3.8) is 0 Å². The van der Waals surface area contributed by atoms with E-state index < -0.39 is 0 Å². The molecule has 2 heterocycles.